The van der Waals surface area contributed by atoms with Gasteiger partial charge in [-0.1, -0.05) is 6.07 Å². The van der Waals surface area contributed by atoms with Crippen molar-refractivity contribution in [3.63, 3.8) is 0 Å². The fraction of sp³-hybridized carbons (Fsp3) is 0.217. The van der Waals surface area contributed by atoms with E-state index in [0.717, 1.165) is 39.9 Å². The average molecular weight is 421 g/mol. The molecule has 0 amide bonds. The Bertz CT molecular complexity index is 1030. The Kier molecular flexibility index (Phi) is 6.41. The van der Waals surface area contributed by atoms with Gasteiger partial charge in [0, 0.05) is 36.7 Å². The first-order chi connectivity index (χ1) is 14.7. The second-order valence-electron chi connectivity index (χ2n) is 6.86. The van der Waals surface area contributed by atoms with Gasteiger partial charge in [0.25, 0.3) is 0 Å². The van der Waals surface area contributed by atoms with Crippen molar-refractivity contribution in [2.45, 2.75) is 13.0 Å². The molecule has 0 radical (unpaired) electrons. The van der Waals surface area contributed by atoms with E-state index < -0.39 is 6.10 Å². The highest BCUT2D eigenvalue weighted by molar-refractivity contribution is 7.13. The number of thiophene rings is 1. The standard InChI is InChI=1S/C23H24N4O2S/c1-2-27(18-9-11-24-12-10-18)15-19(28)16-29-20-7-5-17(6-8-20)23-25-14-21(26-23)22-4-3-13-30-22/h3-14,19,28H,2,15-16H2,1H3,(H,25,26). The molecule has 0 saturated carbocycles. The number of likely N-dealkylation sites (N-methyl/N-ethyl adjacent to an activating group) is 1. The molecule has 0 bridgehead atoms. The van der Waals surface area contributed by atoms with Crippen LogP contribution in [0.25, 0.3) is 22.0 Å². The summed E-state index contributed by atoms with van der Waals surface area (Å²) in [5, 5.41) is 12.5. The van der Waals surface area contributed by atoms with Crippen molar-refractivity contribution in [1.82, 2.24) is 15.0 Å². The number of aliphatic hydroxyl groups is 1. The van der Waals surface area contributed by atoms with E-state index in [9.17, 15) is 5.11 Å². The third-order valence-electron chi connectivity index (χ3n) is 4.77. The zero-order chi connectivity index (χ0) is 20.8. The van der Waals surface area contributed by atoms with E-state index >= 15 is 0 Å². The van der Waals surface area contributed by atoms with Crippen molar-refractivity contribution in [3.8, 4) is 27.7 Å². The summed E-state index contributed by atoms with van der Waals surface area (Å²) in [5.41, 5.74) is 3.04. The molecule has 0 aliphatic heterocycles. The number of anilines is 1. The lowest BCUT2D eigenvalue weighted by atomic mass is 10.2. The summed E-state index contributed by atoms with van der Waals surface area (Å²) in [5.74, 6) is 1.54. The Morgan fingerprint density at radius 3 is 2.63 bits per heavy atom. The molecule has 0 aliphatic rings. The Morgan fingerprint density at radius 2 is 1.93 bits per heavy atom. The van der Waals surface area contributed by atoms with E-state index in [1.807, 2.05) is 54.0 Å². The number of imidazole rings is 1. The van der Waals surface area contributed by atoms with Gasteiger partial charge in [0.15, 0.2) is 0 Å². The van der Waals surface area contributed by atoms with Gasteiger partial charge in [-0.25, -0.2) is 4.98 Å². The fourth-order valence-electron chi connectivity index (χ4n) is 3.21. The second-order valence-corrected chi connectivity index (χ2v) is 7.80. The number of nitrogens with one attached hydrogen (secondary N) is 1. The largest absolute Gasteiger partial charge is 0.491 e. The number of benzene rings is 1. The summed E-state index contributed by atoms with van der Waals surface area (Å²) in [4.78, 5) is 15.1. The smallest absolute Gasteiger partial charge is 0.137 e. The third-order valence-corrected chi connectivity index (χ3v) is 5.68. The van der Waals surface area contributed by atoms with Gasteiger partial charge in [0.2, 0.25) is 0 Å². The minimum atomic E-state index is -0.601. The molecule has 3 aromatic heterocycles. The molecule has 4 aromatic rings. The van der Waals surface area contributed by atoms with Gasteiger partial charge >= 0.3 is 0 Å². The molecule has 3 heterocycles. The number of rotatable bonds is 9. The highest BCUT2D eigenvalue weighted by Gasteiger charge is 2.12. The minimum Gasteiger partial charge on any atom is -0.491 e. The van der Waals surface area contributed by atoms with Crippen LogP contribution >= 0.6 is 11.3 Å². The molecule has 1 unspecified atom stereocenters. The molecule has 0 saturated heterocycles. The summed E-state index contributed by atoms with van der Waals surface area (Å²) in [6, 6.07) is 15.7. The summed E-state index contributed by atoms with van der Waals surface area (Å²) in [6.45, 7) is 3.58. The zero-order valence-electron chi connectivity index (χ0n) is 16.7. The van der Waals surface area contributed by atoms with Crippen LogP contribution in [0.2, 0.25) is 0 Å². The summed E-state index contributed by atoms with van der Waals surface area (Å²) >= 11 is 1.68. The van der Waals surface area contributed by atoms with Crippen LogP contribution in [0.15, 0.2) is 72.5 Å². The minimum absolute atomic E-state index is 0.226. The summed E-state index contributed by atoms with van der Waals surface area (Å²) < 4.78 is 5.79. The molecular formula is C23H24N4O2S. The van der Waals surface area contributed by atoms with Crippen LogP contribution in [0.1, 0.15) is 6.92 Å². The molecule has 154 valence electrons. The van der Waals surface area contributed by atoms with Crippen molar-refractivity contribution in [2.75, 3.05) is 24.6 Å². The first-order valence-electron chi connectivity index (χ1n) is 9.88. The third kappa shape index (κ3) is 4.87. The second kappa shape index (κ2) is 9.56. The maximum Gasteiger partial charge on any atom is 0.137 e. The number of hydrogen-bond acceptors (Lipinski definition) is 6. The van der Waals surface area contributed by atoms with Crippen LogP contribution in [0.5, 0.6) is 5.75 Å². The number of H-pyrrole nitrogens is 1. The lowest BCUT2D eigenvalue weighted by Crippen LogP contribution is -2.35. The lowest BCUT2D eigenvalue weighted by molar-refractivity contribution is 0.112. The van der Waals surface area contributed by atoms with Crippen LogP contribution in [0.3, 0.4) is 0 Å². The molecule has 30 heavy (non-hydrogen) atoms. The molecule has 2 N–H and O–H groups in total. The first-order valence-corrected chi connectivity index (χ1v) is 10.8. The van der Waals surface area contributed by atoms with Crippen LogP contribution in [-0.4, -0.2) is 45.9 Å². The number of aromatic amines is 1. The van der Waals surface area contributed by atoms with E-state index in [2.05, 4.69) is 32.8 Å². The molecule has 0 fully saturated rings. The maximum atomic E-state index is 10.4. The van der Waals surface area contributed by atoms with Crippen LogP contribution in [0.4, 0.5) is 5.69 Å². The molecule has 1 atom stereocenters. The van der Waals surface area contributed by atoms with Crippen molar-refractivity contribution < 1.29 is 9.84 Å². The number of pyridine rings is 1. The Labute approximate surface area is 179 Å². The Hall–Kier alpha value is -3.16. The molecule has 4 rings (SSSR count). The summed E-state index contributed by atoms with van der Waals surface area (Å²) in [7, 11) is 0. The zero-order valence-corrected chi connectivity index (χ0v) is 17.5. The number of ether oxygens (including phenoxy) is 1. The topological polar surface area (TPSA) is 74.3 Å². The molecule has 7 heteroatoms. The Morgan fingerprint density at radius 1 is 1.13 bits per heavy atom. The quantitative estimate of drug-likeness (QED) is 0.418. The van der Waals surface area contributed by atoms with Crippen LogP contribution in [0, 0.1) is 0 Å². The van der Waals surface area contributed by atoms with Crippen molar-refractivity contribution in [2.24, 2.45) is 0 Å². The highest BCUT2D eigenvalue weighted by Crippen LogP contribution is 2.26. The molecule has 0 spiro atoms. The van der Waals surface area contributed by atoms with Gasteiger partial charge in [-0.15, -0.1) is 11.3 Å². The van der Waals surface area contributed by atoms with Gasteiger partial charge < -0.3 is 19.7 Å². The van der Waals surface area contributed by atoms with Gasteiger partial charge in [0.1, 0.15) is 24.3 Å². The normalized spacial score (nSPS) is 11.9. The van der Waals surface area contributed by atoms with Gasteiger partial charge in [0.05, 0.1) is 16.8 Å². The SMILES string of the molecule is CCN(CC(O)COc1ccc(-c2ncc(-c3cccs3)[nH]2)cc1)c1ccncc1. The van der Waals surface area contributed by atoms with Crippen molar-refractivity contribution in [3.05, 3.63) is 72.5 Å². The Balaban J connectivity index is 1.32. The van der Waals surface area contributed by atoms with Gasteiger partial charge in [-0.3, -0.25) is 4.98 Å². The number of nitrogens with zero attached hydrogens (tertiary/aromatic N) is 3. The van der Waals surface area contributed by atoms with E-state index in [1.165, 1.54) is 0 Å². The van der Waals surface area contributed by atoms with E-state index in [4.69, 9.17) is 4.74 Å². The van der Waals surface area contributed by atoms with Gasteiger partial charge in [-0.2, -0.15) is 0 Å². The number of hydrogen-bond donors (Lipinski definition) is 2. The average Bonchev–Trinajstić information content (AvgIpc) is 3.49. The van der Waals surface area contributed by atoms with Gasteiger partial charge in [-0.05, 0) is 54.8 Å². The van der Waals surface area contributed by atoms with E-state index in [0.29, 0.717) is 6.54 Å². The lowest BCUT2D eigenvalue weighted by Gasteiger charge is -2.25. The van der Waals surface area contributed by atoms with E-state index in [-0.39, 0.29) is 6.61 Å². The summed E-state index contributed by atoms with van der Waals surface area (Å²) in [6.07, 6.45) is 4.76. The van der Waals surface area contributed by atoms with Crippen molar-refractivity contribution in [1.29, 1.82) is 0 Å². The predicted molar refractivity (Wildman–Crippen MR) is 121 cm³/mol. The fourth-order valence-corrected chi connectivity index (χ4v) is 3.90. The molecule has 6 nitrogen and oxygen atoms in total. The highest BCUT2D eigenvalue weighted by atomic mass is 32.1. The maximum absolute atomic E-state index is 10.4. The molecular weight excluding hydrogens is 396 g/mol. The molecule has 1 aromatic carbocycles. The van der Waals surface area contributed by atoms with E-state index in [1.54, 1.807) is 23.7 Å². The van der Waals surface area contributed by atoms with Crippen LogP contribution < -0.4 is 9.64 Å². The van der Waals surface area contributed by atoms with Crippen LogP contribution in [-0.2, 0) is 0 Å². The molecule has 0 aliphatic carbocycles. The monoisotopic (exact) mass is 420 g/mol. The first kappa shape index (κ1) is 20.1. The predicted octanol–water partition coefficient (Wildman–Crippen LogP) is 4.47. The van der Waals surface area contributed by atoms with Crippen molar-refractivity contribution >= 4 is 17.0 Å². The number of aromatic nitrogens is 3. The number of aliphatic hydroxyl groups excluding tert-OH is 1.